The van der Waals surface area contributed by atoms with E-state index >= 15 is 0 Å². The van der Waals surface area contributed by atoms with Crippen molar-refractivity contribution in [2.45, 2.75) is 68.4 Å². The topological polar surface area (TPSA) is 204 Å². The van der Waals surface area contributed by atoms with Crippen molar-refractivity contribution in [1.82, 2.24) is 25.8 Å². The summed E-state index contributed by atoms with van der Waals surface area (Å²) >= 11 is 1.01. The zero-order valence-corrected chi connectivity index (χ0v) is 32.6. The Bertz CT molecular complexity index is 2060. The van der Waals surface area contributed by atoms with E-state index in [9.17, 15) is 32.8 Å². The summed E-state index contributed by atoms with van der Waals surface area (Å²) < 4.78 is 33.3. The largest absolute Gasteiger partial charge is 0.389 e. The lowest BCUT2D eigenvalue weighted by atomic mass is 9.98. The van der Waals surface area contributed by atoms with Crippen LogP contribution in [-0.4, -0.2) is 93.4 Å². The summed E-state index contributed by atoms with van der Waals surface area (Å²) in [5.74, 6) is -2.90. The van der Waals surface area contributed by atoms with Crippen molar-refractivity contribution in [3.8, 4) is 0 Å². The molecule has 2 aliphatic heterocycles. The van der Waals surface area contributed by atoms with E-state index in [1.54, 1.807) is 0 Å². The number of likely N-dealkylation sites (N-methyl/N-ethyl adjacent to an activating group) is 1. The monoisotopic (exact) mass is 824 g/mol. The molecule has 0 radical (unpaired) electrons. The van der Waals surface area contributed by atoms with Crippen LogP contribution in [0.15, 0.2) is 84.9 Å². The van der Waals surface area contributed by atoms with Crippen LogP contribution >= 0.6 is 19.9 Å². The summed E-state index contributed by atoms with van der Waals surface area (Å²) in [5, 5.41) is 8.89. The molecule has 14 nitrogen and oxygen atoms in total. The highest BCUT2D eigenvalue weighted by Crippen LogP contribution is 2.42. The van der Waals surface area contributed by atoms with E-state index in [0.29, 0.717) is 30.5 Å². The molecular formula is C39H43F2N6O8PS. The molecule has 302 valence electrons. The Balaban J connectivity index is 1.19. The lowest BCUT2D eigenvalue weighted by Gasteiger charge is -2.38. The SMILES string of the molecule is CN1CC[C@H]2CC[C@@H](C(=O)N[C@@H](CCC(N)=O)C(=O)NC(c3ccccc3)c3ccccc3)N2C(=O)[C@@H](NC(=O)c2cc3cc(C(F)(F)OP(O)O)ccc3s2)C1. The number of alkyl halides is 2. The number of carbonyl (C=O) groups excluding carboxylic acids is 5. The molecule has 0 aliphatic carbocycles. The van der Waals surface area contributed by atoms with Gasteiger partial charge in [-0.15, -0.1) is 11.3 Å². The summed E-state index contributed by atoms with van der Waals surface area (Å²) in [6, 6.07) is 19.3. The first-order valence-electron chi connectivity index (χ1n) is 18.3. The number of thiophene rings is 1. The van der Waals surface area contributed by atoms with Gasteiger partial charge in [-0.3, -0.25) is 24.0 Å². The molecular weight excluding hydrogens is 782 g/mol. The quantitative estimate of drug-likeness (QED) is 0.103. The Kier molecular flexibility index (Phi) is 13.3. The van der Waals surface area contributed by atoms with Crippen molar-refractivity contribution in [3.63, 3.8) is 0 Å². The maximum absolute atomic E-state index is 14.4. The third-order valence-electron chi connectivity index (χ3n) is 10.1. The molecule has 2 saturated heterocycles. The molecule has 57 heavy (non-hydrogen) atoms. The van der Waals surface area contributed by atoms with Gasteiger partial charge in [-0.2, -0.15) is 8.78 Å². The molecule has 6 rings (SSSR count). The fourth-order valence-corrected chi connectivity index (χ4v) is 8.59. The highest BCUT2D eigenvalue weighted by atomic mass is 32.1. The minimum atomic E-state index is -3.99. The van der Waals surface area contributed by atoms with Gasteiger partial charge < -0.3 is 41.3 Å². The molecule has 2 aliphatic rings. The van der Waals surface area contributed by atoms with Crippen LogP contribution in [0.4, 0.5) is 8.78 Å². The van der Waals surface area contributed by atoms with Crippen molar-refractivity contribution in [3.05, 3.63) is 106 Å². The van der Waals surface area contributed by atoms with Crippen LogP contribution in [-0.2, 0) is 29.8 Å². The van der Waals surface area contributed by atoms with Crippen LogP contribution in [0.5, 0.6) is 0 Å². The molecule has 1 aromatic heterocycles. The lowest BCUT2D eigenvalue weighted by molar-refractivity contribution is -0.189. The molecule has 4 aromatic rings. The maximum Gasteiger partial charge on any atom is 0.389 e. The van der Waals surface area contributed by atoms with E-state index < -0.39 is 74.0 Å². The van der Waals surface area contributed by atoms with Gasteiger partial charge in [0.2, 0.25) is 23.6 Å². The van der Waals surface area contributed by atoms with Crippen LogP contribution in [0.2, 0.25) is 0 Å². The number of nitrogens with two attached hydrogens (primary N) is 1. The van der Waals surface area contributed by atoms with E-state index in [4.69, 9.17) is 15.5 Å². The summed E-state index contributed by atoms with van der Waals surface area (Å²) in [7, 11) is -1.52. The number of hydrogen-bond acceptors (Lipinski definition) is 10. The van der Waals surface area contributed by atoms with Crippen molar-refractivity contribution >= 4 is 59.6 Å². The van der Waals surface area contributed by atoms with Gasteiger partial charge in [0.25, 0.3) is 5.91 Å². The molecule has 2 fully saturated rings. The van der Waals surface area contributed by atoms with Crippen LogP contribution in [0.1, 0.15) is 64.5 Å². The number of primary amides is 1. The number of fused-ring (bicyclic) bond motifs is 2. The minimum absolute atomic E-state index is 0.0811. The summed E-state index contributed by atoms with van der Waals surface area (Å²) in [4.78, 5) is 89.3. The molecule has 3 heterocycles. The molecule has 18 heteroatoms. The second kappa shape index (κ2) is 18.1. The van der Waals surface area contributed by atoms with Gasteiger partial charge in [0.05, 0.1) is 16.5 Å². The summed E-state index contributed by atoms with van der Waals surface area (Å²) in [5.41, 5.74) is 6.42. The van der Waals surface area contributed by atoms with Gasteiger partial charge in [0, 0.05) is 23.7 Å². The van der Waals surface area contributed by atoms with E-state index in [1.807, 2.05) is 72.6 Å². The molecule has 0 unspecified atom stereocenters. The van der Waals surface area contributed by atoms with Crippen molar-refractivity contribution in [1.29, 1.82) is 0 Å². The van der Waals surface area contributed by atoms with Crippen LogP contribution in [0, 0.1) is 0 Å². The second-order valence-electron chi connectivity index (χ2n) is 14.1. The van der Waals surface area contributed by atoms with Crippen molar-refractivity contribution < 1.29 is 47.1 Å². The number of nitrogens with one attached hydrogen (secondary N) is 3. The third-order valence-corrected chi connectivity index (χ3v) is 11.6. The standard InChI is InChI=1S/C39H43F2N6O8PS/c1-46-19-18-27-13-15-30(36(50)43-28(14-17-33(42)48)35(49)45-34(23-8-4-2-5-9-23)24-10-6-3-7-11-24)47(27)38(52)29(22-46)44-37(51)32-21-25-20-26(12-16-31(25)57-32)39(40,41)55-56(53)54/h2-12,16,20-21,27-30,34,53-54H,13-15,17-19,22H2,1H3,(H2,42,48)(H,43,50)(H,44,51)(H,45,49)/t27-,28+,29+,30+/m1/s1. The smallest absolute Gasteiger partial charge is 0.370 e. The van der Waals surface area contributed by atoms with Crippen LogP contribution in [0.25, 0.3) is 10.1 Å². The Morgan fingerprint density at radius 3 is 2.26 bits per heavy atom. The molecule has 3 aromatic carbocycles. The fourth-order valence-electron chi connectivity index (χ4n) is 7.33. The molecule has 0 saturated carbocycles. The van der Waals surface area contributed by atoms with Crippen molar-refractivity contribution in [2.24, 2.45) is 5.73 Å². The van der Waals surface area contributed by atoms with Gasteiger partial charge in [-0.05, 0) is 80.1 Å². The fraction of sp³-hybridized carbons (Fsp3) is 0.359. The Hall–Kier alpha value is -4.90. The minimum Gasteiger partial charge on any atom is -0.370 e. The highest BCUT2D eigenvalue weighted by Gasteiger charge is 2.45. The molecule has 5 amide bonds. The summed E-state index contributed by atoms with van der Waals surface area (Å²) in [6.07, 6.45) is -2.89. The summed E-state index contributed by atoms with van der Waals surface area (Å²) in [6.45, 7) is 0.682. The van der Waals surface area contributed by atoms with E-state index in [2.05, 4.69) is 20.5 Å². The van der Waals surface area contributed by atoms with Crippen LogP contribution in [0.3, 0.4) is 0 Å². The highest BCUT2D eigenvalue weighted by molar-refractivity contribution is 7.39. The van der Waals surface area contributed by atoms with Crippen LogP contribution < -0.4 is 21.7 Å². The first kappa shape index (κ1) is 41.7. The molecule has 4 atom stereocenters. The first-order chi connectivity index (χ1) is 27.2. The second-order valence-corrected chi connectivity index (χ2v) is 15.9. The predicted molar refractivity (Wildman–Crippen MR) is 208 cm³/mol. The van der Waals surface area contributed by atoms with Gasteiger partial charge in [-0.1, -0.05) is 60.7 Å². The number of benzene rings is 3. The molecule has 7 N–H and O–H groups in total. The van der Waals surface area contributed by atoms with Gasteiger partial charge in [0.15, 0.2) is 0 Å². The normalized spacial score (nSPS) is 19.5. The first-order valence-corrected chi connectivity index (χ1v) is 20.3. The Morgan fingerprint density at radius 1 is 0.965 bits per heavy atom. The lowest BCUT2D eigenvalue weighted by Crippen LogP contribution is -2.61. The average Bonchev–Trinajstić information content (AvgIpc) is 3.81. The zero-order valence-electron chi connectivity index (χ0n) is 30.8. The van der Waals surface area contributed by atoms with E-state index in [1.165, 1.54) is 17.0 Å². The Labute approximate surface area is 332 Å². The van der Waals surface area contributed by atoms with Gasteiger partial charge in [-0.25, -0.2) is 4.52 Å². The van der Waals surface area contributed by atoms with Gasteiger partial charge in [0.1, 0.15) is 18.1 Å². The average molecular weight is 825 g/mol. The third kappa shape index (κ3) is 10.2. The van der Waals surface area contributed by atoms with E-state index in [-0.39, 0.29) is 35.7 Å². The number of halogens is 2. The predicted octanol–water partition coefficient (Wildman–Crippen LogP) is 3.63. The number of amides is 5. The number of carbonyl (C=O) groups is 5. The Morgan fingerprint density at radius 2 is 1.63 bits per heavy atom. The number of rotatable bonds is 14. The molecule has 0 bridgehead atoms. The van der Waals surface area contributed by atoms with Gasteiger partial charge >= 0.3 is 14.7 Å². The zero-order chi connectivity index (χ0) is 40.9. The molecule has 0 spiro atoms. The number of hydrogen-bond donors (Lipinski definition) is 6. The van der Waals surface area contributed by atoms with E-state index in [0.717, 1.165) is 34.6 Å². The van der Waals surface area contributed by atoms with Crippen molar-refractivity contribution in [2.75, 3.05) is 20.1 Å². The number of nitrogens with zero attached hydrogens (tertiary/aromatic N) is 2. The maximum atomic E-state index is 14.4.